The number of nitrogens with zero attached hydrogens (tertiary/aromatic N) is 1. The Kier molecular flexibility index (Phi) is 3.57. The molecule has 0 aliphatic rings. The highest BCUT2D eigenvalue weighted by atomic mass is 35.5. The van der Waals surface area contributed by atoms with Gasteiger partial charge in [-0.3, -0.25) is 0 Å². The van der Waals surface area contributed by atoms with E-state index in [1.165, 1.54) is 12.1 Å². The molecule has 0 N–H and O–H groups in total. The van der Waals surface area contributed by atoms with Gasteiger partial charge in [-0.2, -0.15) is 0 Å². The van der Waals surface area contributed by atoms with Gasteiger partial charge in [-0.15, -0.1) is 11.6 Å². The van der Waals surface area contributed by atoms with E-state index in [0.717, 1.165) is 18.4 Å². The highest BCUT2D eigenvalue weighted by Gasteiger charge is 2.05. The Labute approximate surface area is 98.1 Å². The predicted molar refractivity (Wildman–Crippen MR) is 60.9 cm³/mol. The van der Waals surface area contributed by atoms with Crippen molar-refractivity contribution in [2.75, 3.05) is 5.88 Å². The number of aryl methyl sites for hydroxylation is 1. The standard InChI is InChI=1S/C12H11ClFNO/c13-7-1-2-12-15-8-11(16-12)9-3-5-10(14)6-4-9/h3-6,8H,1-2,7H2. The van der Waals surface area contributed by atoms with Crippen molar-refractivity contribution in [3.63, 3.8) is 0 Å². The molecule has 16 heavy (non-hydrogen) atoms. The Morgan fingerprint density at radius 2 is 2.00 bits per heavy atom. The van der Waals surface area contributed by atoms with Crippen LogP contribution in [-0.2, 0) is 6.42 Å². The summed E-state index contributed by atoms with van der Waals surface area (Å²) in [6.45, 7) is 0. The molecule has 0 radical (unpaired) electrons. The molecule has 0 fully saturated rings. The minimum atomic E-state index is -0.259. The molecule has 0 saturated heterocycles. The molecule has 2 aromatic rings. The van der Waals surface area contributed by atoms with Gasteiger partial charge in [-0.25, -0.2) is 9.37 Å². The lowest BCUT2D eigenvalue weighted by atomic mass is 10.2. The molecule has 0 amide bonds. The second-order valence-corrected chi connectivity index (χ2v) is 3.80. The smallest absolute Gasteiger partial charge is 0.194 e. The van der Waals surface area contributed by atoms with Crippen LogP contribution in [0.3, 0.4) is 0 Å². The van der Waals surface area contributed by atoms with E-state index in [1.54, 1.807) is 18.3 Å². The van der Waals surface area contributed by atoms with Crippen molar-refractivity contribution < 1.29 is 8.81 Å². The van der Waals surface area contributed by atoms with Crippen LogP contribution in [0.4, 0.5) is 4.39 Å². The van der Waals surface area contributed by atoms with Gasteiger partial charge in [0.05, 0.1) is 6.20 Å². The SMILES string of the molecule is Fc1ccc(-c2cnc(CCCCl)o2)cc1. The molecule has 0 saturated carbocycles. The maximum atomic E-state index is 12.7. The van der Waals surface area contributed by atoms with Gasteiger partial charge < -0.3 is 4.42 Å². The van der Waals surface area contributed by atoms with Gasteiger partial charge in [0.1, 0.15) is 5.82 Å². The van der Waals surface area contributed by atoms with E-state index >= 15 is 0 Å². The maximum Gasteiger partial charge on any atom is 0.194 e. The first kappa shape index (κ1) is 11.1. The summed E-state index contributed by atoms with van der Waals surface area (Å²) in [5.41, 5.74) is 0.825. The van der Waals surface area contributed by atoms with E-state index in [1.807, 2.05) is 0 Å². The van der Waals surface area contributed by atoms with Crippen LogP contribution in [0.25, 0.3) is 11.3 Å². The summed E-state index contributed by atoms with van der Waals surface area (Å²) in [7, 11) is 0. The monoisotopic (exact) mass is 239 g/mol. The van der Waals surface area contributed by atoms with E-state index in [2.05, 4.69) is 4.98 Å². The Morgan fingerprint density at radius 1 is 1.25 bits per heavy atom. The largest absolute Gasteiger partial charge is 0.441 e. The van der Waals surface area contributed by atoms with Gasteiger partial charge >= 0.3 is 0 Å². The van der Waals surface area contributed by atoms with Crippen molar-refractivity contribution in [2.24, 2.45) is 0 Å². The first-order chi connectivity index (χ1) is 7.79. The summed E-state index contributed by atoms with van der Waals surface area (Å²) in [5.74, 6) is 1.66. The van der Waals surface area contributed by atoms with Crippen LogP contribution < -0.4 is 0 Å². The Morgan fingerprint density at radius 3 is 2.69 bits per heavy atom. The van der Waals surface area contributed by atoms with Crippen LogP contribution >= 0.6 is 11.6 Å². The highest BCUT2D eigenvalue weighted by Crippen LogP contribution is 2.21. The zero-order chi connectivity index (χ0) is 11.4. The normalized spacial score (nSPS) is 10.6. The van der Waals surface area contributed by atoms with E-state index < -0.39 is 0 Å². The van der Waals surface area contributed by atoms with Crippen molar-refractivity contribution in [2.45, 2.75) is 12.8 Å². The molecule has 0 atom stereocenters. The number of hydrogen-bond acceptors (Lipinski definition) is 2. The molecule has 2 nitrogen and oxygen atoms in total. The molecular formula is C12H11ClFNO. The van der Waals surface area contributed by atoms with Crippen LogP contribution in [0, 0.1) is 5.82 Å². The van der Waals surface area contributed by atoms with Gasteiger partial charge in [-0.1, -0.05) is 0 Å². The van der Waals surface area contributed by atoms with E-state index in [0.29, 0.717) is 17.5 Å². The third-order valence-corrected chi connectivity index (χ3v) is 2.47. The molecule has 0 spiro atoms. The van der Waals surface area contributed by atoms with Crippen LogP contribution in [0.2, 0.25) is 0 Å². The summed E-state index contributed by atoms with van der Waals surface area (Å²) in [6, 6.07) is 6.13. The number of benzene rings is 1. The number of oxazole rings is 1. The van der Waals surface area contributed by atoms with Gasteiger partial charge in [0.15, 0.2) is 11.7 Å². The lowest BCUT2D eigenvalue weighted by molar-refractivity contribution is 0.503. The molecule has 1 aromatic carbocycles. The molecular weight excluding hydrogens is 229 g/mol. The van der Waals surface area contributed by atoms with E-state index in [-0.39, 0.29) is 5.82 Å². The molecule has 0 bridgehead atoms. The number of aromatic nitrogens is 1. The van der Waals surface area contributed by atoms with Crippen molar-refractivity contribution in [1.29, 1.82) is 0 Å². The summed E-state index contributed by atoms with van der Waals surface area (Å²) in [5, 5.41) is 0. The second kappa shape index (κ2) is 5.12. The van der Waals surface area contributed by atoms with E-state index in [9.17, 15) is 4.39 Å². The molecule has 0 unspecified atom stereocenters. The van der Waals surface area contributed by atoms with Gasteiger partial charge in [-0.05, 0) is 30.7 Å². The molecule has 0 aliphatic heterocycles. The fourth-order valence-corrected chi connectivity index (χ4v) is 1.53. The predicted octanol–water partition coefficient (Wildman–Crippen LogP) is 3.65. The number of alkyl halides is 1. The average molecular weight is 240 g/mol. The summed E-state index contributed by atoms with van der Waals surface area (Å²) in [6.07, 6.45) is 3.21. The van der Waals surface area contributed by atoms with Crippen LogP contribution in [0.5, 0.6) is 0 Å². The van der Waals surface area contributed by atoms with Gasteiger partial charge in [0.2, 0.25) is 0 Å². The van der Waals surface area contributed by atoms with Crippen molar-refractivity contribution in [1.82, 2.24) is 4.98 Å². The maximum absolute atomic E-state index is 12.7. The quantitative estimate of drug-likeness (QED) is 0.761. The lowest BCUT2D eigenvalue weighted by Gasteiger charge is -1.95. The lowest BCUT2D eigenvalue weighted by Crippen LogP contribution is -1.84. The molecule has 84 valence electrons. The summed E-state index contributed by atoms with van der Waals surface area (Å²) >= 11 is 5.58. The van der Waals surface area contributed by atoms with Crippen molar-refractivity contribution >= 4 is 11.6 Å². The topological polar surface area (TPSA) is 26.0 Å². The fraction of sp³-hybridized carbons (Fsp3) is 0.250. The van der Waals surface area contributed by atoms with Gasteiger partial charge in [0.25, 0.3) is 0 Å². The fourth-order valence-electron chi connectivity index (χ4n) is 1.39. The van der Waals surface area contributed by atoms with Crippen LogP contribution in [0.15, 0.2) is 34.9 Å². The molecule has 4 heteroatoms. The molecule has 2 rings (SSSR count). The zero-order valence-corrected chi connectivity index (χ0v) is 9.38. The second-order valence-electron chi connectivity index (χ2n) is 3.42. The first-order valence-electron chi connectivity index (χ1n) is 5.06. The average Bonchev–Trinajstić information content (AvgIpc) is 2.76. The minimum absolute atomic E-state index is 0.259. The minimum Gasteiger partial charge on any atom is -0.441 e. The Hall–Kier alpha value is -1.35. The third kappa shape index (κ3) is 2.61. The van der Waals surface area contributed by atoms with Crippen molar-refractivity contribution in [3.05, 3.63) is 42.2 Å². The summed E-state index contributed by atoms with van der Waals surface area (Å²) < 4.78 is 18.2. The van der Waals surface area contributed by atoms with Crippen LogP contribution in [-0.4, -0.2) is 10.9 Å². The number of rotatable bonds is 4. The van der Waals surface area contributed by atoms with E-state index in [4.69, 9.17) is 16.0 Å². The zero-order valence-electron chi connectivity index (χ0n) is 8.62. The number of hydrogen-bond donors (Lipinski definition) is 0. The molecule has 0 aliphatic carbocycles. The van der Waals surface area contributed by atoms with Gasteiger partial charge in [0, 0.05) is 17.9 Å². The molecule has 1 aromatic heterocycles. The highest BCUT2D eigenvalue weighted by molar-refractivity contribution is 6.17. The Bertz CT molecular complexity index is 452. The van der Waals surface area contributed by atoms with Crippen LogP contribution in [0.1, 0.15) is 12.3 Å². The van der Waals surface area contributed by atoms with Crippen molar-refractivity contribution in [3.8, 4) is 11.3 Å². The first-order valence-corrected chi connectivity index (χ1v) is 5.59. The number of halogens is 2. The molecule has 1 heterocycles. The summed E-state index contributed by atoms with van der Waals surface area (Å²) in [4.78, 5) is 4.13. The Balaban J connectivity index is 2.15. The third-order valence-electron chi connectivity index (χ3n) is 2.21.